The highest BCUT2D eigenvalue weighted by atomic mass is 35.5. The number of halogens is 1. The first-order chi connectivity index (χ1) is 13.6. The lowest BCUT2D eigenvalue weighted by Crippen LogP contribution is -2.51. The number of hydrogen-bond acceptors (Lipinski definition) is 4. The average Bonchev–Trinajstić information content (AvgIpc) is 3.24. The summed E-state index contributed by atoms with van der Waals surface area (Å²) in [7, 11) is 0. The van der Waals surface area contributed by atoms with Crippen LogP contribution in [0.2, 0.25) is 5.02 Å². The Bertz CT molecular complexity index is 906. The van der Waals surface area contributed by atoms with Crippen molar-refractivity contribution < 1.29 is 9.53 Å². The molecule has 1 saturated heterocycles. The van der Waals surface area contributed by atoms with Crippen LogP contribution in [0.15, 0.2) is 53.0 Å². The molecule has 0 spiro atoms. The largest absolute Gasteiger partial charge is 0.378 e. The Labute approximate surface area is 178 Å². The summed E-state index contributed by atoms with van der Waals surface area (Å²) in [5.41, 5.74) is 2.42. The van der Waals surface area contributed by atoms with Gasteiger partial charge in [-0.15, -0.1) is 11.3 Å². The highest BCUT2D eigenvalue weighted by Crippen LogP contribution is 2.36. The van der Waals surface area contributed by atoms with E-state index >= 15 is 0 Å². The Morgan fingerprint density at radius 3 is 2.61 bits per heavy atom. The third kappa shape index (κ3) is 3.67. The fourth-order valence-electron chi connectivity index (χ4n) is 3.53. The van der Waals surface area contributed by atoms with Gasteiger partial charge in [-0.25, -0.2) is 0 Å². The number of carbonyl (C=O) groups excluding carboxylic acids is 1. The predicted octanol–water partition coefficient (Wildman–Crippen LogP) is 3.97. The summed E-state index contributed by atoms with van der Waals surface area (Å²) < 4.78 is 5.41. The van der Waals surface area contributed by atoms with E-state index in [4.69, 9.17) is 28.6 Å². The number of carbonyl (C=O) groups is 1. The zero-order valence-electron chi connectivity index (χ0n) is 15.4. The van der Waals surface area contributed by atoms with Crippen LogP contribution in [0.3, 0.4) is 0 Å². The number of hydrogen-bond donors (Lipinski definition) is 1. The number of nitrogens with zero attached hydrogens (tertiary/aromatic N) is 2. The fourth-order valence-corrected chi connectivity index (χ4v) is 4.80. The first kappa shape index (κ1) is 19.4. The van der Waals surface area contributed by atoms with Gasteiger partial charge in [-0.1, -0.05) is 17.7 Å². The minimum Gasteiger partial charge on any atom is -0.378 e. The van der Waals surface area contributed by atoms with Gasteiger partial charge in [0, 0.05) is 34.4 Å². The third-order valence-corrected chi connectivity index (χ3v) is 6.42. The summed E-state index contributed by atoms with van der Waals surface area (Å²) >= 11 is 13.3. The van der Waals surface area contributed by atoms with Crippen molar-refractivity contribution in [1.29, 1.82) is 0 Å². The quantitative estimate of drug-likeness (QED) is 0.742. The van der Waals surface area contributed by atoms with E-state index in [1.165, 1.54) is 0 Å². The molecule has 146 valence electrons. The first-order valence-corrected chi connectivity index (χ1v) is 10.7. The summed E-state index contributed by atoms with van der Waals surface area (Å²) in [6.07, 6.45) is 0. The normalized spacial score (nSPS) is 20.4. The summed E-state index contributed by atoms with van der Waals surface area (Å²) in [6, 6.07) is 11.2. The molecule has 1 aromatic carbocycles. The van der Waals surface area contributed by atoms with Crippen LogP contribution in [0.4, 0.5) is 5.69 Å². The number of benzene rings is 1. The van der Waals surface area contributed by atoms with Crippen LogP contribution in [0.5, 0.6) is 0 Å². The topological polar surface area (TPSA) is 44.8 Å². The van der Waals surface area contributed by atoms with Crippen LogP contribution in [0, 0.1) is 0 Å². The van der Waals surface area contributed by atoms with Crippen LogP contribution < -0.4 is 10.2 Å². The molecule has 2 aliphatic rings. The monoisotopic (exact) mass is 433 g/mol. The molecular formula is C20H20ClN3O2S2. The van der Waals surface area contributed by atoms with Crippen LogP contribution >= 0.6 is 35.2 Å². The summed E-state index contributed by atoms with van der Waals surface area (Å²) in [4.78, 5) is 18.3. The van der Waals surface area contributed by atoms with E-state index in [1.54, 1.807) is 11.3 Å². The number of rotatable bonds is 3. The lowest BCUT2D eigenvalue weighted by molar-refractivity contribution is -0.131. The molecular weight excluding hydrogens is 414 g/mol. The number of thiophene rings is 1. The molecule has 1 N–H and O–H groups in total. The van der Waals surface area contributed by atoms with Gasteiger partial charge in [0.05, 0.1) is 24.8 Å². The van der Waals surface area contributed by atoms with E-state index in [0.29, 0.717) is 42.0 Å². The molecule has 1 unspecified atom stereocenters. The zero-order chi connectivity index (χ0) is 19.7. The van der Waals surface area contributed by atoms with Gasteiger partial charge in [0.2, 0.25) is 0 Å². The average molecular weight is 434 g/mol. The molecule has 0 radical (unpaired) electrons. The molecule has 0 bridgehead atoms. The van der Waals surface area contributed by atoms with Crippen molar-refractivity contribution in [1.82, 2.24) is 10.2 Å². The maximum Gasteiger partial charge on any atom is 0.254 e. The van der Waals surface area contributed by atoms with Crippen molar-refractivity contribution in [3.63, 3.8) is 0 Å². The number of morpholine rings is 1. The molecule has 28 heavy (non-hydrogen) atoms. The van der Waals surface area contributed by atoms with Gasteiger partial charge in [-0.05, 0) is 54.9 Å². The van der Waals surface area contributed by atoms with Gasteiger partial charge < -0.3 is 15.0 Å². The molecule has 2 aromatic rings. The van der Waals surface area contributed by atoms with Crippen molar-refractivity contribution in [2.75, 3.05) is 31.2 Å². The van der Waals surface area contributed by atoms with Gasteiger partial charge in [-0.2, -0.15) is 0 Å². The second kappa shape index (κ2) is 8.21. The minimum atomic E-state index is -0.258. The van der Waals surface area contributed by atoms with Gasteiger partial charge in [0.15, 0.2) is 5.11 Å². The summed E-state index contributed by atoms with van der Waals surface area (Å²) in [5, 5.41) is 6.61. The molecule has 0 aliphatic carbocycles. The third-order valence-electron chi connectivity index (χ3n) is 4.93. The van der Waals surface area contributed by atoms with Crippen LogP contribution in [-0.4, -0.2) is 42.2 Å². The van der Waals surface area contributed by atoms with Crippen molar-refractivity contribution >= 4 is 51.9 Å². The number of amides is 1. The smallest absolute Gasteiger partial charge is 0.254 e. The molecule has 4 rings (SSSR count). The van der Waals surface area contributed by atoms with E-state index in [1.807, 2.05) is 58.5 Å². The SMILES string of the molecule is CC1=C(C(=O)N2CCOCC2)C(c2cccs2)NC(=S)N1c1ccc(Cl)cc1. The van der Waals surface area contributed by atoms with E-state index in [9.17, 15) is 4.79 Å². The number of anilines is 1. The van der Waals surface area contributed by atoms with Gasteiger partial charge in [0.25, 0.3) is 5.91 Å². The summed E-state index contributed by atoms with van der Waals surface area (Å²) in [5.74, 6) is 0.0214. The standard InChI is InChI=1S/C20H20ClN3O2S2/c1-13-17(19(25)23-8-10-26-11-9-23)18(16-3-2-12-28-16)22-20(27)24(13)15-6-4-14(21)5-7-15/h2-7,12,18H,8-11H2,1H3,(H,22,27). The second-order valence-electron chi connectivity index (χ2n) is 6.61. The van der Waals surface area contributed by atoms with Gasteiger partial charge in [-0.3, -0.25) is 9.69 Å². The maximum atomic E-state index is 13.5. The molecule has 2 aliphatic heterocycles. The Morgan fingerprint density at radius 1 is 1.25 bits per heavy atom. The Morgan fingerprint density at radius 2 is 1.96 bits per heavy atom. The van der Waals surface area contributed by atoms with Crippen molar-refractivity contribution in [2.24, 2.45) is 0 Å². The Hall–Kier alpha value is -1.93. The van der Waals surface area contributed by atoms with Crippen molar-refractivity contribution in [2.45, 2.75) is 13.0 Å². The molecule has 8 heteroatoms. The van der Waals surface area contributed by atoms with Gasteiger partial charge in [0.1, 0.15) is 0 Å². The van der Waals surface area contributed by atoms with Crippen LogP contribution in [0.1, 0.15) is 17.8 Å². The molecule has 1 fully saturated rings. The highest BCUT2D eigenvalue weighted by Gasteiger charge is 2.37. The lowest BCUT2D eigenvalue weighted by Gasteiger charge is -2.39. The fraction of sp³-hybridized carbons (Fsp3) is 0.300. The van der Waals surface area contributed by atoms with E-state index in [-0.39, 0.29) is 11.9 Å². The molecule has 3 heterocycles. The number of nitrogens with one attached hydrogen (secondary N) is 1. The minimum absolute atomic E-state index is 0.0214. The Kier molecular flexibility index (Phi) is 5.68. The number of ether oxygens (including phenoxy) is 1. The number of thiocarbonyl (C=S) groups is 1. The highest BCUT2D eigenvalue weighted by molar-refractivity contribution is 7.80. The van der Waals surface area contributed by atoms with E-state index in [2.05, 4.69) is 5.32 Å². The van der Waals surface area contributed by atoms with E-state index in [0.717, 1.165) is 16.3 Å². The zero-order valence-corrected chi connectivity index (χ0v) is 17.7. The number of allylic oxidation sites excluding steroid dienone is 1. The predicted molar refractivity (Wildman–Crippen MR) is 117 cm³/mol. The van der Waals surface area contributed by atoms with Crippen LogP contribution in [-0.2, 0) is 9.53 Å². The molecule has 1 atom stereocenters. The first-order valence-electron chi connectivity index (χ1n) is 9.03. The van der Waals surface area contributed by atoms with E-state index < -0.39 is 0 Å². The molecule has 0 saturated carbocycles. The Balaban J connectivity index is 1.79. The van der Waals surface area contributed by atoms with Crippen molar-refractivity contribution in [3.8, 4) is 0 Å². The molecule has 1 aromatic heterocycles. The van der Waals surface area contributed by atoms with Crippen molar-refractivity contribution in [3.05, 3.63) is 62.9 Å². The molecule has 5 nitrogen and oxygen atoms in total. The summed E-state index contributed by atoms with van der Waals surface area (Å²) in [6.45, 7) is 4.27. The van der Waals surface area contributed by atoms with Crippen LogP contribution in [0.25, 0.3) is 0 Å². The second-order valence-corrected chi connectivity index (χ2v) is 8.42. The van der Waals surface area contributed by atoms with Gasteiger partial charge >= 0.3 is 0 Å². The lowest BCUT2D eigenvalue weighted by atomic mass is 9.98. The molecule has 1 amide bonds. The maximum absolute atomic E-state index is 13.5.